The lowest BCUT2D eigenvalue weighted by atomic mass is 9.71. The summed E-state index contributed by atoms with van der Waals surface area (Å²) in [5.41, 5.74) is 1.26. The number of Topliss-reactive ketones (excluding diaryl/α,β-unsaturated/α-hetero) is 3. The summed E-state index contributed by atoms with van der Waals surface area (Å²) < 4.78 is 0. The number of rotatable bonds is 19. The van der Waals surface area contributed by atoms with Gasteiger partial charge in [-0.05, 0) is 53.4 Å². The van der Waals surface area contributed by atoms with Crippen LogP contribution < -0.4 is 0 Å². The van der Waals surface area contributed by atoms with E-state index in [2.05, 4.69) is 79.4 Å². The highest BCUT2D eigenvalue weighted by molar-refractivity contribution is 5.93. The van der Waals surface area contributed by atoms with Gasteiger partial charge in [-0.25, -0.2) is 0 Å². The van der Waals surface area contributed by atoms with Crippen LogP contribution in [0.2, 0.25) is 0 Å². The zero-order chi connectivity index (χ0) is 29.6. The molecule has 0 spiro atoms. The Hall–Kier alpha value is -2.10. The average molecular weight is 540 g/mol. The zero-order valence-corrected chi connectivity index (χ0v) is 26.5. The van der Waals surface area contributed by atoms with Gasteiger partial charge >= 0.3 is 0 Å². The molecule has 1 aromatic rings. The van der Waals surface area contributed by atoms with Gasteiger partial charge in [-0.15, -0.1) is 0 Å². The lowest BCUT2D eigenvalue weighted by Crippen LogP contribution is -2.34. The van der Waals surface area contributed by atoms with Crippen LogP contribution >= 0.6 is 0 Å². The number of hydrogen-bond donors (Lipinski definition) is 0. The van der Waals surface area contributed by atoms with Crippen molar-refractivity contribution >= 4 is 23.6 Å². The molecule has 0 aromatic heterocycles. The van der Waals surface area contributed by atoms with Crippen LogP contribution in [0.5, 0.6) is 0 Å². The van der Waals surface area contributed by atoms with E-state index in [1.165, 1.54) is 5.56 Å². The van der Waals surface area contributed by atoms with E-state index in [1.807, 2.05) is 18.2 Å². The SMILES string of the molecule is CC[C@@H](C)CC(=O)C[C@H](CCC(=O)C/C=N\C(C(=O)C[C@@H](C(C)C)C(C)(C)C)[C@@H](C)CC)Cc1ccccc1. The maximum absolute atomic E-state index is 13.3. The molecule has 0 aliphatic carbocycles. The molecule has 5 atom stereocenters. The first-order valence-electron chi connectivity index (χ1n) is 15.4. The van der Waals surface area contributed by atoms with Crippen LogP contribution in [0.4, 0.5) is 0 Å². The topological polar surface area (TPSA) is 63.6 Å². The summed E-state index contributed by atoms with van der Waals surface area (Å²) >= 11 is 0. The Balaban J connectivity index is 2.81. The van der Waals surface area contributed by atoms with Crippen LogP contribution in [0, 0.1) is 35.0 Å². The van der Waals surface area contributed by atoms with Crippen molar-refractivity contribution in [2.75, 3.05) is 0 Å². The zero-order valence-electron chi connectivity index (χ0n) is 26.5. The summed E-state index contributed by atoms with van der Waals surface area (Å²) in [7, 11) is 0. The van der Waals surface area contributed by atoms with Crippen molar-refractivity contribution in [2.24, 2.45) is 40.0 Å². The monoisotopic (exact) mass is 539 g/mol. The molecule has 0 heterocycles. The predicted molar refractivity (Wildman–Crippen MR) is 165 cm³/mol. The van der Waals surface area contributed by atoms with E-state index in [9.17, 15) is 14.4 Å². The van der Waals surface area contributed by atoms with E-state index < -0.39 is 6.04 Å². The third-order valence-corrected chi connectivity index (χ3v) is 8.42. The van der Waals surface area contributed by atoms with Gasteiger partial charge in [0.1, 0.15) is 17.6 Å². The first-order valence-corrected chi connectivity index (χ1v) is 15.4. The molecule has 39 heavy (non-hydrogen) atoms. The van der Waals surface area contributed by atoms with E-state index in [1.54, 1.807) is 6.21 Å². The van der Waals surface area contributed by atoms with Crippen LogP contribution in [0.3, 0.4) is 0 Å². The van der Waals surface area contributed by atoms with Gasteiger partial charge < -0.3 is 0 Å². The van der Waals surface area contributed by atoms with Gasteiger partial charge in [0.25, 0.3) is 0 Å². The van der Waals surface area contributed by atoms with Gasteiger partial charge in [0, 0.05) is 38.3 Å². The van der Waals surface area contributed by atoms with Crippen molar-refractivity contribution in [3.05, 3.63) is 35.9 Å². The summed E-state index contributed by atoms with van der Waals surface area (Å²) in [5.74, 6) is 2.00. The van der Waals surface area contributed by atoms with Crippen molar-refractivity contribution in [1.29, 1.82) is 0 Å². The normalized spacial score (nSPS) is 16.2. The summed E-state index contributed by atoms with van der Waals surface area (Å²) in [6, 6.07) is 9.84. The quantitative estimate of drug-likeness (QED) is 0.165. The summed E-state index contributed by atoms with van der Waals surface area (Å²) in [6.45, 7) is 19.4. The molecular formula is C35H57NO3. The number of carbonyl (C=O) groups excluding carboxylic acids is 3. The molecule has 0 radical (unpaired) electrons. The van der Waals surface area contributed by atoms with Gasteiger partial charge in [0.15, 0.2) is 5.78 Å². The average Bonchev–Trinajstić information content (AvgIpc) is 2.87. The molecular weight excluding hydrogens is 482 g/mol. The van der Waals surface area contributed by atoms with Crippen LogP contribution in [-0.2, 0) is 20.8 Å². The second-order valence-electron chi connectivity index (χ2n) is 13.3. The fourth-order valence-electron chi connectivity index (χ4n) is 5.55. The largest absolute Gasteiger partial charge is 0.300 e. The number of ketones is 3. The maximum Gasteiger partial charge on any atom is 0.157 e. The number of carbonyl (C=O) groups is 3. The van der Waals surface area contributed by atoms with Crippen molar-refractivity contribution in [1.82, 2.24) is 0 Å². The number of nitrogens with zero attached hydrogens (tertiary/aromatic N) is 1. The Labute approximate surface area is 239 Å². The van der Waals surface area contributed by atoms with Gasteiger partial charge in [-0.1, -0.05) is 105 Å². The molecule has 0 N–H and O–H groups in total. The molecule has 4 nitrogen and oxygen atoms in total. The second-order valence-corrected chi connectivity index (χ2v) is 13.3. The van der Waals surface area contributed by atoms with Gasteiger partial charge in [-0.2, -0.15) is 0 Å². The van der Waals surface area contributed by atoms with Gasteiger partial charge in [0.2, 0.25) is 0 Å². The van der Waals surface area contributed by atoms with Crippen molar-refractivity contribution in [3.63, 3.8) is 0 Å². The lowest BCUT2D eigenvalue weighted by molar-refractivity contribution is -0.123. The Morgan fingerprint density at radius 3 is 2.05 bits per heavy atom. The molecule has 220 valence electrons. The molecule has 1 aromatic carbocycles. The third-order valence-electron chi connectivity index (χ3n) is 8.42. The van der Waals surface area contributed by atoms with E-state index >= 15 is 0 Å². The van der Waals surface area contributed by atoms with Crippen molar-refractivity contribution < 1.29 is 14.4 Å². The molecule has 0 aliphatic rings. The van der Waals surface area contributed by atoms with Crippen molar-refractivity contribution in [2.45, 2.75) is 126 Å². The molecule has 4 heteroatoms. The number of aliphatic imine (C=N–C) groups is 1. The van der Waals surface area contributed by atoms with Crippen LogP contribution in [0.15, 0.2) is 35.3 Å². The van der Waals surface area contributed by atoms with Crippen molar-refractivity contribution in [3.8, 4) is 0 Å². The highest BCUT2D eigenvalue weighted by Crippen LogP contribution is 2.35. The van der Waals surface area contributed by atoms with Crippen LogP contribution in [0.25, 0.3) is 0 Å². The van der Waals surface area contributed by atoms with Crippen LogP contribution in [0.1, 0.15) is 119 Å². The Morgan fingerprint density at radius 1 is 0.872 bits per heavy atom. The highest BCUT2D eigenvalue weighted by atomic mass is 16.1. The van der Waals surface area contributed by atoms with Crippen LogP contribution in [-0.4, -0.2) is 29.6 Å². The number of hydrogen-bond acceptors (Lipinski definition) is 4. The van der Waals surface area contributed by atoms with E-state index in [0.29, 0.717) is 49.7 Å². The number of benzene rings is 1. The molecule has 0 fully saturated rings. The summed E-state index contributed by atoms with van der Waals surface area (Å²) in [5, 5.41) is 0. The summed E-state index contributed by atoms with van der Waals surface area (Å²) in [6.07, 6.45) is 7.39. The Morgan fingerprint density at radius 2 is 1.51 bits per heavy atom. The lowest BCUT2D eigenvalue weighted by Gasteiger charge is -2.34. The molecule has 0 bridgehead atoms. The molecule has 1 rings (SSSR count). The Bertz CT molecular complexity index is 896. The third kappa shape index (κ3) is 13.7. The fraction of sp³-hybridized carbons (Fsp3) is 0.714. The highest BCUT2D eigenvalue weighted by Gasteiger charge is 2.33. The van der Waals surface area contributed by atoms with Gasteiger partial charge in [-0.3, -0.25) is 19.4 Å². The van der Waals surface area contributed by atoms with Gasteiger partial charge in [0.05, 0.1) is 0 Å². The molecule has 0 aliphatic heterocycles. The smallest absolute Gasteiger partial charge is 0.157 e. The maximum atomic E-state index is 13.3. The standard InChI is InChI=1S/C35H57NO3/c1-10-26(5)21-31(38)23-29(22-28-15-13-12-14-16-28)17-18-30(37)19-20-36-34(27(6)11-2)33(39)24-32(25(3)4)35(7,8)9/h12-16,20,25-27,29,32,34H,10-11,17-19,21-24H2,1-9H3/b36-20-/t26-,27+,29-,32+,34?/m1/s1. The van der Waals surface area contributed by atoms with E-state index in [-0.39, 0.29) is 41.2 Å². The second kappa shape index (κ2) is 17.6. The molecule has 1 unspecified atom stereocenters. The van der Waals surface area contributed by atoms with E-state index in [0.717, 1.165) is 19.3 Å². The minimum atomic E-state index is -0.393. The summed E-state index contributed by atoms with van der Waals surface area (Å²) in [4.78, 5) is 43.5. The molecule has 0 saturated heterocycles. The first kappa shape index (κ1) is 34.9. The van der Waals surface area contributed by atoms with E-state index in [4.69, 9.17) is 0 Å². The first-order chi connectivity index (χ1) is 18.3. The molecule has 0 saturated carbocycles. The fourth-order valence-corrected chi connectivity index (χ4v) is 5.55. The predicted octanol–water partition coefficient (Wildman–Crippen LogP) is 8.74. The minimum Gasteiger partial charge on any atom is -0.300 e. The minimum absolute atomic E-state index is 0.0514. The molecule has 0 amide bonds. The Kier molecular flexibility index (Phi) is 15.7.